The third kappa shape index (κ3) is 22.3. The molecule has 0 saturated heterocycles. The van der Waals surface area contributed by atoms with Crippen LogP contribution in [0.15, 0.2) is 12.1 Å². The van der Waals surface area contributed by atoms with Crippen LogP contribution in [0.1, 0.15) is 185 Å². The van der Waals surface area contributed by atoms with E-state index >= 15 is 0 Å². The van der Waals surface area contributed by atoms with Crippen molar-refractivity contribution in [2.24, 2.45) is 0 Å². The first-order valence-electron chi connectivity index (χ1n) is 17.7. The summed E-state index contributed by atoms with van der Waals surface area (Å²) in [6, 6.07) is 4.47. The van der Waals surface area contributed by atoms with Crippen LogP contribution in [-0.2, 0) is 11.5 Å². The highest BCUT2D eigenvalue weighted by atomic mass is 32.2. The summed E-state index contributed by atoms with van der Waals surface area (Å²) in [6.45, 7) is 6.65. The van der Waals surface area contributed by atoms with Gasteiger partial charge in [0.25, 0.3) is 0 Å². The van der Waals surface area contributed by atoms with E-state index in [4.69, 9.17) is 0 Å². The second-order valence-electron chi connectivity index (χ2n) is 12.3. The summed E-state index contributed by atoms with van der Waals surface area (Å²) in [5.41, 5.74) is 3.58. The molecular formula is C37H68OS2. The predicted octanol–water partition coefficient (Wildman–Crippen LogP) is 13.6. The van der Waals surface area contributed by atoms with Gasteiger partial charge < -0.3 is 5.11 Å². The second-order valence-corrected chi connectivity index (χ2v) is 14.5. The molecule has 0 bridgehead atoms. The molecule has 0 saturated carbocycles. The standard InChI is InChI=1S/C37H68OS2/c1-4-6-8-10-12-14-16-18-20-22-24-26-28-39-32-35-30-34(3)37(38)36(31-35)33-40-29-27-25-23-21-19-17-15-13-11-9-7-5-2/h30-31,38H,4-29,32-33H2,1-3H3. The first-order chi connectivity index (χ1) is 19.7. The van der Waals surface area contributed by atoms with Gasteiger partial charge in [-0.3, -0.25) is 0 Å². The highest BCUT2D eigenvalue weighted by molar-refractivity contribution is 7.98. The van der Waals surface area contributed by atoms with Crippen molar-refractivity contribution in [2.75, 3.05) is 11.5 Å². The van der Waals surface area contributed by atoms with Crippen LogP contribution in [0.3, 0.4) is 0 Å². The van der Waals surface area contributed by atoms with Gasteiger partial charge in [-0.25, -0.2) is 0 Å². The van der Waals surface area contributed by atoms with Gasteiger partial charge in [-0.1, -0.05) is 167 Å². The average molecular weight is 593 g/mol. The lowest BCUT2D eigenvalue weighted by Crippen LogP contribution is -1.92. The number of phenolic OH excluding ortho intramolecular Hbond substituents is 1. The van der Waals surface area contributed by atoms with Crippen molar-refractivity contribution < 1.29 is 5.11 Å². The van der Waals surface area contributed by atoms with Crippen molar-refractivity contribution in [3.05, 3.63) is 28.8 Å². The number of thioether (sulfide) groups is 2. The SMILES string of the molecule is CCCCCCCCCCCCCCSCc1cc(C)c(O)c(CSCCCCCCCCCCCCCC)c1. The smallest absolute Gasteiger partial charge is 0.122 e. The highest BCUT2D eigenvalue weighted by Crippen LogP contribution is 2.30. The van der Waals surface area contributed by atoms with Gasteiger partial charge >= 0.3 is 0 Å². The summed E-state index contributed by atoms with van der Waals surface area (Å²) >= 11 is 4.07. The minimum atomic E-state index is 0.525. The number of hydrogen-bond acceptors (Lipinski definition) is 3. The Morgan fingerprint density at radius 3 is 1.23 bits per heavy atom. The van der Waals surface area contributed by atoms with E-state index in [1.165, 1.54) is 171 Å². The van der Waals surface area contributed by atoms with Gasteiger partial charge in [0.15, 0.2) is 0 Å². The van der Waals surface area contributed by atoms with E-state index in [0.717, 1.165) is 22.6 Å². The van der Waals surface area contributed by atoms with Gasteiger partial charge in [0.2, 0.25) is 0 Å². The molecule has 0 heterocycles. The molecule has 40 heavy (non-hydrogen) atoms. The molecule has 0 atom stereocenters. The van der Waals surface area contributed by atoms with Crippen molar-refractivity contribution in [1.29, 1.82) is 0 Å². The lowest BCUT2D eigenvalue weighted by atomic mass is 10.1. The van der Waals surface area contributed by atoms with E-state index in [1.807, 2.05) is 11.8 Å². The van der Waals surface area contributed by atoms with E-state index in [9.17, 15) is 5.11 Å². The third-order valence-electron chi connectivity index (χ3n) is 8.25. The minimum absolute atomic E-state index is 0.525. The maximum atomic E-state index is 10.6. The monoisotopic (exact) mass is 592 g/mol. The molecular weight excluding hydrogens is 525 g/mol. The van der Waals surface area contributed by atoms with Crippen molar-refractivity contribution in [3.8, 4) is 5.75 Å². The van der Waals surface area contributed by atoms with Crippen LogP contribution in [0, 0.1) is 6.92 Å². The van der Waals surface area contributed by atoms with Crippen LogP contribution in [0.5, 0.6) is 5.75 Å². The number of aryl methyl sites for hydroxylation is 1. The Balaban J connectivity index is 2.02. The zero-order valence-electron chi connectivity index (χ0n) is 27.2. The molecule has 3 heteroatoms. The van der Waals surface area contributed by atoms with Gasteiger partial charge in [-0.05, 0) is 42.4 Å². The summed E-state index contributed by atoms with van der Waals surface area (Å²) in [7, 11) is 0. The minimum Gasteiger partial charge on any atom is -0.507 e. The normalized spacial score (nSPS) is 11.5. The topological polar surface area (TPSA) is 20.2 Å². The molecule has 234 valence electrons. The zero-order chi connectivity index (χ0) is 28.9. The van der Waals surface area contributed by atoms with Gasteiger partial charge in [-0.2, -0.15) is 23.5 Å². The van der Waals surface area contributed by atoms with Crippen molar-refractivity contribution in [2.45, 2.75) is 186 Å². The molecule has 0 spiro atoms. The molecule has 0 aromatic heterocycles. The Labute approximate surface area is 260 Å². The molecule has 0 unspecified atom stereocenters. The number of phenols is 1. The van der Waals surface area contributed by atoms with Crippen molar-refractivity contribution >= 4 is 23.5 Å². The van der Waals surface area contributed by atoms with E-state index in [0.29, 0.717) is 5.75 Å². The number of aromatic hydroxyl groups is 1. The van der Waals surface area contributed by atoms with Crippen LogP contribution < -0.4 is 0 Å². The van der Waals surface area contributed by atoms with Crippen LogP contribution in [-0.4, -0.2) is 16.6 Å². The summed E-state index contributed by atoms with van der Waals surface area (Å²) in [6.07, 6.45) is 33.9. The quantitative estimate of drug-likeness (QED) is 0.0897. The molecule has 1 nitrogen and oxygen atoms in total. The maximum absolute atomic E-state index is 10.6. The first-order valence-corrected chi connectivity index (χ1v) is 20.0. The molecule has 0 fully saturated rings. The van der Waals surface area contributed by atoms with E-state index in [2.05, 4.69) is 44.7 Å². The molecule has 1 aromatic rings. The fraction of sp³-hybridized carbons (Fsp3) is 0.838. The Hall–Kier alpha value is -0.280. The van der Waals surface area contributed by atoms with Crippen molar-refractivity contribution in [1.82, 2.24) is 0 Å². The van der Waals surface area contributed by atoms with Gasteiger partial charge in [0.1, 0.15) is 5.75 Å². The molecule has 0 amide bonds. The summed E-state index contributed by atoms with van der Waals surface area (Å²) < 4.78 is 0. The summed E-state index contributed by atoms with van der Waals surface area (Å²) in [5, 5.41) is 10.6. The highest BCUT2D eigenvalue weighted by Gasteiger charge is 2.08. The summed E-state index contributed by atoms with van der Waals surface area (Å²) in [5.74, 6) is 5.03. The molecule has 0 aliphatic heterocycles. The lowest BCUT2D eigenvalue weighted by Gasteiger charge is -2.11. The van der Waals surface area contributed by atoms with E-state index in [-0.39, 0.29) is 0 Å². The van der Waals surface area contributed by atoms with Gasteiger partial charge in [-0.15, -0.1) is 0 Å². The second kappa shape index (κ2) is 28.8. The summed E-state index contributed by atoms with van der Waals surface area (Å²) in [4.78, 5) is 0. The average Bonchev–Trinajstić information content (AvgIpc) is 2.95. The third-order valence-corrected chi connectivity index (χ3v) is 10.5. The van der Waals surface area contributed by atoms with Crippen molar-refractivity contribution in [3.63, 3.8) is 0 Å². The Bertz CT molecular complexity index is 674. The van der Waals surface area contributed by atoms with E-state index < -0.39 is 0 Å². The molecule has 0 aliphatic carbocycles. The first kappa shape index (κ1) is 37.7. The zero-order valence-corrected chi connectivity index (χ0v) is 28.9. The largest absolute Gasteiger partial charge is 0.507 e. The Morgan fingerprint density at radius 2 is 0.825 bits per heavy atom. The van der Waals surface area contributed by atoms with Crippen LogP contribution >= 0.6 is 23.5 Å². The fourth-order valence-corrected chi connectivity index (χ4v) is 7.54. The Morgan fingerprint density at radius 1 is 0.475 bits per heavy atom. The van der Waals surface area contributed by atoms with Gasteiger partial charge in [0.05, 0.1) is 0 Å². The molecule has 0 aliphatic rings. The van der Waals surface area contributed by atoms with E-state index in [1.54, 1.807) is 0 Å². The van der Waals surface area contributed by atoms with Crippen LogP contribution in [0.25, 0.3) is 0 Å². The maximum Gasteiger partial charge on any atom is 0.122 e. The van der Waals surface area contributed by atoms with Gasteiger partial charge in [0, 0.05) is 17.1 Å². The fourth-order valence-electron chi connectivity index (χ4n) is 5.59. The molecule has 0 radical (unpaired) electrons. The molecule has 1 N–H and O–H groups in total. The molecule has 1 rings (SSSR count). The number of hydrogen-bond donors (Lipinski definition) is 1. The van der Waals surface area contributed by atoms with Crippen LogP contribution in [0.4, 0.5) is 0 Å². The number of unbranched alkanes of at least 4 members (excludes halogenated alkanes) is 22. The van der Waals surface area contributed by atoms with Crippen LogP contribution in [0.2, 0.25) is 0 Å². The lowest BCUT2D eigenvalue weighted by molar-refractivity contribution is 0.466. The number of rotatable bonds is 30. The predicted molar refractivity (Wildman–Crippen MR) is 187 cm³/mol. The molecule has 1 aromatic carbocycles. The Kier molecular flexibility index (Phi) is 27.2. The number of benzene rings is 1.